The van der Waals surface area contributed by atoms with Gasteiger partial charge in [0.15, 0.2) is 0 Å². The number of nitrogens with one attached hydrogen (secondary N) is 1. The monoisotopic (exact) mass is 463 g/mol. The number of carbonyl (C=O) groups is 1. The molecule has 2 aromatic carbocycles. The summed E-state index contributed by atoms with van der Waals surface area (Å²) in [7, 11) is -2.74. The van der Waals surface area contributed by atoms with Gasteiger partial charge in [-0.2, -0.15) is 0 Å². The number of sulfonamides is 1. The Kier molecular flexibility index (Phi) is 7.53. The number of nitrogens with zero attached hydrogens (tertiary/aromatic N) is 2. The van der Waals surface area contributed by atoms with Gasteiger partial charge in [0.25, 0.3) is 0 Å². The highest BCUT2D eigenvalue weighted by molar-refractivity contribution is 7.89. The van der Waals surface area contributed by atoms with Crippen LogP contribution in [0.2, 0.25) is 0 Å². The van der Waals surface area contributed by atoms with Crippen molar-refractivity contribution in [3.8, 4) is 0 Å². The van der Waals surface area contributed by atoms with E-state index in [0.29, 0.717) is 11.1 Å². The largest absolute Gasteiger partial charge is 0.465 e. The molecule has 0 spiro atoms. The van der Waals surface area contributed by atoms with Crippen molar-refractivity contribution in [2.75, 3.05) is 44.7 Å². The number of methoxy groups -OCH3 is 1. The zero-order chi connectivity index (χ0) is 23.5. The molecule has 1 N–H and O–H groups in total. The lowest BCUT2D eigenvalue weighted by atomic mass is 10.0. The Morgan fingerprint density at radius 1 is 1.16 bits per heavy atom. The maximum Gasteiger partial charge on any atom is 0.337 e. The normalized spacial score (nSPS) is 16.1. The van der Waals surface area contributed by atoms with Crippen molar-refractivity contribution < 1.29 is 22.3 Å². The molecule has 1 unspecified atom stereocenters. The molecule has 1 aliphatic heterocycles. The van der Waals surface area contributed by atoms with Gasteiger partial charge in [-0.3, -0.25) is 0 Å². The summed E-state index contributed by atoms with van der Waals surface area (Å²) in [5.41, 5.74) is 2.02. The van der Waals surface area contributed by atoms with E-state index >= 15 is 0 Å². The molecule has 1 aliphatic rings. The van der Waals surface area contributed by atoms with Crippen molar-refractivity contribution in [2.24, 2.45) is 0 Å². The van der Waals surface area contributed by atoms with Gasteiger partial charge in [-0.05, 0) is 61.9 Å². The predicted molar refractivity (Wildman–Crippen MR) is 122 cm³/mol. The molecule has 0 amide bonds. The van der Waals surface area contributed by atoms with E-state index in [1.807, 2.05) is 0 Å². The molecule has 1 atom stereocenters. The molecule has 1 fully saturated rings. The molecule has 1 heterocycles. The summed E-state index contributed by atoms with van der Waals surface area (Å²) < 4.78 is 47.8. The fourth-order valence-electron chi connectivity index (χ4n) is 3.96. The van der Waals surface area contributed by atoms with Crippen LogP contribution in [0.3, 0.4) is 0 Å². The Balaban J connectivity index is 1.89. The summed E-state index contributed by atoms with van der Waals surface area (Å²) in [5, 5.41) is 0. The van der Waals surface area contributed by atoms with Crippen molar-refractivity contribution in [3.05, 3.63) is 58.9 Å². The van der Waals surface area contributed by atoms with Gasteiger partial charge in [0.2, 0.25) is 10.0 Å². The Hall–Kier alpha value is -2.49. The topological polar surface area (TPSA) is 79.0 Å². The number of hydrogen-bond acceptors (Lipinski definition) is 6. The second-order valence-electron chi connectivity index (χ2n) is 7.94. The molecule has 7 nitrogen and oxygen atoms in total. The lowest BCUT2D eigenvalue weighted by Gasteiger charge is -2.37. The van der Waals surface area contributed by atoms with E-state index in [9.17, 15) is 17.6 Å². The number of ether oxygens (including phenoxy) is 1. The summed E-state index contributed by atoms with van der Waals surface area (Å²) in [6, 6.07) is 8.18. The number of halogens is 1. The molecule has 0 aromatic heterocycles. The highest BCUT2D eigenvalue weighted by atomic mass is 32.2. The van der Waals surface area contributed by atoms with Gasteiger partial charge in [0.1, 0.15) is 5.82 Å². The van der Waals surface area contributed by atoms with Gasteiger partial charge in [0, 0.05) is 37.9 Å². The Morgan fingerprint density at radius 3 is 2.47 bits per heavy atom. The highest BCUT2D eigenvalue weighted by Gasteiger charge is 2.26. The van der Waals surface area contributed by atoms with E-state index in [0.717, 1.165) is 38.4 Å². The number of esters is 1. The minimum atomic E-state index is -3.98. The molecule has 174 valence electrons. The number of hydrogen-bond donors (Lipinski definition) is 1. The van der Waals surface area contributed by atoms with Crippen LogP contribution in [0.15, 0.2) is 41.3 Å². The van der Waals surface area contributed by atoms with Crippen molar-refractivity contribution in [3.63, 3.8) is 0 Å². The summed E-state index contributed by atoms with van der Waals surface area (Å²) in [6.45, 7) is 9.80. The molecular weight excluding hydrogens is 433 g/mol. The van der Waals surface area contributed by atoms with Crippen LogP contribution < -0.4 is 9.62 Å². The van der Waals surface area contributed by atoms with Crippen LogP contribution in [0.4, 0.5) is 10.1 Å². The van der Waals surface area contributed by atoms with Crippen LogP contribution in [0, 0.1) is 12.7 Å². The number of anilines is 1. The zero-order valence-corrected chi connectivity index (χ0v) is 19.7. The molecular formula is C23H30FN3O4S. The molecule has 32 heavy (non-hydrogen) atoms. The van der Waals surface area contributed by atoms with Crippen molar-refractivity contribution >= 4 is 21.7 Å². The number of carbonyl (C=O) groups excluding carboxylic acids is 1. The van der Waals surface area contributed by atoms with Crippen LogP contribution in [0.5, 0.6) is 0 Å². The second-order valence-corrected chi connectivity index (χ2v) is 9.62. The lowest BCUT2D eigenvalue weighted by molar-refractivity contribution is 0.0600. The quantitative estimate of drug-likeness (QED) is 0.636. The summed E-state index contributed by atoms with van der Waals surface area (Å²) in [5.74, 6) is -1.04. The zero-order valence-electron chi connectivity index (χ0n) is 18.9. The number of aryl methyl sites for hydroxylation is 1. The van der Waals surface area contributed by atoms with Crippen LogP contribution in [-0.2, 0) is 14.8 Å². The SMILES string of the molecule is CCN1CCN(c2ccc(F)cc2C(C)NS(=O)(=O)c2cc(C(=O)OC)ccc2C)CC1. The van der Waals surface area contributed by atoms with E-state index in [4.69, 9.17) is 4.74 Å². The van der Waals surface area contributed by atoms with E-state index in [2.05, 4.69) is 21.4 Å². The van der Waals surface area contributed by atoms with E-state index in [-0.39, 0.29) is 10.5 Å². The fraction of sp³-hybridized carbons (Fsp3) is 0.435. The molecule has 0 radical (unpaired) electrons. The Bertz CT molecular complexity index is 1080. The summed E-state index contributed by atoms with van der Waals surface area (Å²) in [6.07, 6.45) is 0. The fourth-order valence-corrected chi connectivity index (χ4v) is 5.45. The molecule has 2 aromatic rings. The third-order valence-corrected chi connectivity index (χ3v) is 7.53. The molecule has 9 heteroatoms. The third kappa shape index (κ3) is 5.28. The summed E-state index contributed by atoms with van der Waals surface area (Å²) >= 11 is 0. The van der Waals surface area contributed by atoms with Gasteiger partial charge in [-0.25, -0.2) is 22.3 Å². The van der Waals surface area contributed by atoms with E-state index in [1.165, 1.54) is 31.4 Å². The average molecular weight is 464 g/mol. The van der Waals surface area contributed by atoms with Gasteiger partial charge in [-0.1, -0.05) is 13.0 Å². The first-order chi connectivity index (χ1) is 15.2. The molecule has 0 saturated carbocycles. The highest BCUT2D eigenvalue weighted by Crippen LogP contribution is 2.30. The molecule has 1 saturated heterocycles. The third-order valence-electron chi connectivity index (χ3n) is 5.85. The van der Waals surface area contributed by atoms with Crippen molar-refractivity contribution in [1.82, 2.24) is 9.62 Å². The number of rotatable bonds is 7. The molecule has 0 aliphatic carbocycles. The number of likely N-dealkylation sites (N-methyl/N-ethyl adjacent to an activating group) is 1. The first-order valence-electron chi connectivity index (χ1n) is 10.6. The van der Waals surface area contributed by atoms with E-state index in [1.54, 1.807) is 26.0 Å². The van der Waals surface area contributed by atoms with Gasteiger partial charge < -0.3 is 14.5 Å². The van der Waals surface area contributed by atoms with Crippen molar-refractivity contribution in [2.45, 2.75) is 31.7 Å². The maximum atomic E-state index is 14.1. The first kappa shape index (κ1) is 24.2. The van der Waals surface area contributed by atoms with Crippen molar-refractivity contribution in [1.29, 1.82) is 0 Å². The minimum absolute atomic E-state index is 0.0123. The van der Waals surface area contributed by atoms with Crippen LogP contribution in [-0.4, -0.2) is 59.1 Å². The average Bonchev–Trinajstić information content (AvgIpc) is 2.78. The molecule has 0 bridgehead atoms. The second kappa shape index (κ2) is 9.97. The van der Waals surface area contributed by atoms with Crippen LogP contribution >= 0.6 is 0 Å². The molecule has 3 rings (SSSR count). The standard InChI is InChI=1S/C23H30FN3O4S/c1-5-26-10-12-27(13-11-26)21-9-8-19(24)15-20(21)17(3)25-32(29,30)22-14-18(23(28)31-4)7-6-16(22)2/h6-9,14-15,17,25H,5,10-13H2,1-4H3. The number of piperazine rings is 1. The minimum Gasteiger partial charge on any atom is -0.465 e. The van der Waals surface area contributed by atoms with Crippen LogP contribution in [0.25, 0.3) is 0 Å². The smallest absolute Gasteiger partial charge is 0.337 e. The maximum absolute atomic E-state index is 14.1. The van der Waals surface area contributed by atoms with Crippen LogP contribution in [0.1, 0.15) is 41.4 Å². The van der Waals surface area contributed by atoms with Gasteiger partial charge >= 0.3 is 5.97 Å². The Labute approximate surface area is 189 Å². The predicted octanol–water partition coefficient (Wildman–Crippen LogP) is 3.10. The summed E-state index contributed by atoms with van der Waals surface area (Å²) in [4.78, 5) is 16.3. The first-order valence-corrected chi connectivity index (χ1v) is 12.1. The van der Waals surface area contributed by atoms with E-state index < -0.39 is 27.9 Å². The van der Waals surface area contributed by atoms with Gasteiger partial charge in [-0.15, -0.1) is 0 Å². The van der Waals surface area contributed by atoms with Gasteiger partial charge in [0.05, 0.1) is 17.6 Å². The Morgan fingerprint density at radius 2 is 1.84 bits per heavy atom. The lowest BCUT2D eigenvalue weighted by Crippen LogP contribution is -2.46. The number of benzene rings is 2.